The van der Waals surface area contributed by atoms with Crippen molar-refractivity contribution in [3.8, 4) is 5.75 Å². The molecular weight excluding hydrogens is 240 g/mol. The lowest BCUT2D eigenvalue weighted by molar-refractivity contribution is -0.143. The Morgan fingerprint density at radius 2 is 2.05 bits per heavy atom. The number of hydrogen-bond acceptors (Lipinski definition) is 2. The van der Waals surface area contributed by atoms with Crippen LogP contribution in [-0.2, 0) is 4.79 Å². The van der Waals surface area contributed by atoms with E-state index in [1.54, 1.807) is 0 Å². The molecule has 1 N–H and O–H groups in total. The minimum Gasteiger partial charge on any atom is -0.493 e. The highest BCUT2D eigenvalue weighted by Gasteiger charge is 2.33. The Kier molecular flexibility index (Phi) is 4.83. The molecule has 0 bridgehead atoms. The molecule has 2 atom stereocenters. The van der Waals surface area contributed by atoms with Gasteiger partial charge in [-0.05, 0) is 30.9 Å². The van der Waals surface area contributed by atoms with E-state index in [1.165, 1.54) is 0 Å². The largest absolute Gasteiger partial charge is 0.493 e. The number of rotatable bonds is 5. The van der Waals surface area contributed by atoms with Gasteiger partial charge in [0.15, 0.2) is 0 Å². The molecule has 19 heavy (non-hydrogen) atoms. The Morgan fingerprint density at radius 3 is 2.79 bits per heavy atom. The average Bonchev–Trinajstić information content (AvgIpc) is 2.45. The van der Waals surface area contributed by atoms with E-state index in [0.717, 1.165) is 43.4 Å². The summed E-state index contributed by atoms with van der Waals surface area (Å²) in [5, 5.41) is 9.40. The lowest BCUT2D eigenvalue weighted by Gasteiger charge is -2.30. The predicted octanol–water partition coefficient (Wildman–Crippen LogP) is 3.83. The minimum absolute atomic E-state index is 0.0966. The van der Waals surface area contributed by atoms with Gasteiger partial charge in [0.2, 0.25) is 0 Å². The minimum atomic E-state index is -0.671. The SMILES string of the molecule is CCCOc1ccccc1C1CCCCC1C(=O)O. The molecule has 1 fully saturated rings. The van der Waals surface area contributed by atoms with Crippen LogP contribution < -0.4 is 4.74 Å². The van der Waals surface area contributed by atoms with Gasteiger partial charge in [-0.15, -0.1) is 0 Å². The molecule has 104 valence electrons. The van der Waals surface area contributed by atoms with E-state index in [0.29, 0.717) is 6.61 Å². The summed E-state index contributed by atoms with van der Waals surface area (Å²) in [6.07, 6.45) is 4.81. The molecule has 1 saturated carbocycles. The lowest BCUT2D eigenvalue weighted by Crippen LogP contribution is -2.25. The summed E-state index contributed by atoms with van der Waals surface area (Å²) in [5.41, 5.74) is 1.07. The third-order valence-corrected chi connectivity index (χ3v) is 3.86. The lowest BCUT2D eigenvalue weighted by atomic mass is 9.75. The molecule has 0 heterocycles. The van der Waals surface area contributed by atoms with Crippen LogP contribution in [0.5, 0.6) is 5.75 Å². The van der Waals surface area contributed by atoms with Crippen molar-refractivity contribution in [2.75, 3.05) is 6.61 Å². The Morgan fingerprint density at radius 1 is 1.32 bits per heavy atom. The summed E-state index contributed by atoms with van der Waals surface area (Å²) in [6.45, 7) is 2.75. The molecule has 2 unspecified atom stereocenters. The molecule has 0 amide bonds. The number of carboxylic acid groups (broad SMARTS) is 1. The fourth-order valence-electron chi connectivity index (χ4n) is 2.93. The first-order chi connectivity index (χ1) is 9.24. The van der Waals surface area contributed by atoms with Crippen LogP contribution in [-0.4, -0.2) is 17.7 Å². The molecule has 0 saturated heterocycles. The molecule has 3 nitrogen and oxygen atoms in total. The van der Waals surface area contributed by atoms with Crippen molar-refractivity contribution in [2.45, 2.75) is 44.9 Å². The highest BCUT2D eigenvalue weighted by Crippen LogP contribution is 2.41. The van der Waals surface area contributed by atoms with E-state index in [9.17, 15) is 9.90 Å². The fourth-order valence-corrected chi connectivity index (χ4v) is 2.93. The van der Waals surface area contributed by atoms with Gasteiger partial charge < -0.3 is 9.84 Å². The van der Waals surface area contributed by atoms with E-state index < -0.39 is 5.97 Å². The smallest absolute Gasteiger partial charge is 0.307 e. The first kappa shape index (κ1) is 13.9. The highest BCUT2D eigenvalue weighted by atomic mass is 16.5. The van der Waals surface area contributed by atoms with Crippen LogP contribution in [0.4, 0.5) is 0 Å². The van der Waals surface area contributed by atoms with Crippen molar-refractivity contribution >= 4 is 5.97 Å². The maximum Gasteiger partial charge on any atom is 0.307 e. The first-order valence-electron chi connectivity index (χ1n) is 7.18. The summed E-state index contributed by atoms with van der Waals surface area (Å²) in [5.74, 6) is 0.0249. The number of carboxylic acids is 1. The van der Waals surface area contributed by atoms with Crippen LogP contribution in [0, 0.1) is 5.92 Å². The van der Waals surface area contributed by atoms with Gasteiger partial charge in [-0.2, -0.15) is 0 Å². The Labute approximate surface area is 114 Å². The van der Waals surface area contributed by atoms with Gasteiger partial charge in [-0.3, -0.25) is 4.79 Å². The van der Waals surface area contributed by atoms with Gasteiger partial charge in [0.25, 0.3) is 0 Å². The maximum absolute atomic E-state index is 11.4. The summed E-state index contributed by atoms with van der Waals surface area (Å²) in [6, 6.07) is 7.91. The highest BCUT2D eigenvalue weighted by molar-refractivity contribution is 5.71. The van der Waals surface area contributed by atoms with E-state index in [1.807, 2.05) is 24.3 Å². The van der Waals surface area contributed by atoms with Gasteiger partial charge in [0.05, 0.1) is 12.5 Å². The topological polar surface area (TPSA) is 46.5 Å². The summed E-state index contributed by atoms with van der Waals surface area (Å²) in [7, 11) is 0. The van der Waals surface area contributed by atoms with Crippen molar-refractivity contribution in [1.29, 1.82) is 0 Å². The molecule has 0 aromatic heterocycles. The molecule has 1 aliphatic rings. The Hall–Kier alpha value is -1.51. The van der Waals surface area contributed by atoms with Crippen molar-refractivity contribution < 1.29 is 14.6 Å². The predicted molar refractivity (Wildman–Crippen MR) is 74.6 cm³/mol. The molecule has 0 radical (unpaired) electrons. The Balaban J connectivity index is 2.25. The van der Waals surface area contributed by atoms with Gasteiger partial charge in [0.1, 0.15) is 5.75 Å². The van der Waals surface area contributed by atoms with Crippen LogP contribution >= 0.6 is 0 Å². The van der Waals surface area contributed by atoms with E-state index in [2.05, 4.69) is 6.92 Å². The number of ether oxygens (including phenoxy) is 1. The number of aliphatic carboxylic acids is 1. The number of benzene rings is 1. The third kappa shape index (κ3) is 3.28. The van der Waals surface area contributed by atoms with E-state index in [4.69, 9.17) is 4.74 Å². The average molecular weight is 262 g/mol. The molecule has 0 aliphatic heterocycles. The fraction of sp³-hybridized carbons (Fsp3) is 0.562. The number of para-hydroxylation sites is 1. The van der Waals surface area contributed by atoms with Gasteiger partial charge in [-0.25, -0.2) is 0 Å². The molecular formula is C16H22O3. The van der Waals surface area contributed by atoms with Crippen molar-refractivity contribution in [1.82, 2.24) is 0 Å². The standard InChI is InChI=1S/C16H22O3/c1-2-11-19-15-10-6-5-8-13(15)12-7-3-4-9-14(12)16(17)18/h5-6,8,10,12,14H,2-4,7,9,11H2,1H3,(H,17,18). The van der Waals surface area contributed by atoms with E-state index >= 15 is 0 Å². The molecule has 1 aliphatic carbocycles. The van der Waals surface area contributed by atoms with Crippen LogP contribution in [0.1, 0.15) is 50.5 Å². The van der Waals surface area contributed by atoms with Crippen molar-refractivity contribution in [3.63, 3.8) is 0 Å². The summed E-state index contributed by atoms with van der Waals surface area (Å²) < 4.78 is 5.77. The molecule has 0 spiro atoms. The van der Waals surface area contributed by atoms with Crippen molar-refractivity contribution in [2.24, 2.45) is 5.92 Å². The molecule has 2 rings (SSSR count). The molecule has 1 aromatic rings. The van der Waals surface area contributed by atoms with E-state index in [-0.39, 0.29) is 11.8 Å². The van der Waals surface area contributed by atoms with Crippen LogP contribution in [0.25, 0.3) is 0 Å². The molecule has 1 aromatic carbocycles. The zero-order chi connectivity index (χ0) is 13.7. The van der Waals surface area contributed by atoms with Gasteiger partial charge >= 0.3 is 5.97 Å². The summed E-state index contributed by atoms with van der Waals surface area (Å²) in [4.78, 5) is 11.4. The second-order valence-corrected chi connectivity index (χ2v) is 5.22. The zero-order valence-corrected chi connectivity index (χ0v) is 11.5. The Bertz CT molecular complexity index is 428. The molecule has 3 heteroatoms. The monoisotopic (exact) mass is 262 g/mol. The van der Waals surface area contributed by atoms with Gasteiger partial charge in [-0.1, -0.05) is 38.0 Å². The van der Waals surface area contributed by atoms with Gasteiger partial charge in [0, 0.05) is 5.92 Å². The summed E-state index contributed by atoms with van der Waals surface area (Å²) >= 11 is 0. The second-order valence-electron chi connectivity index (χ2n) is 5.22. The number of carbonyl (C=O) groups is 1. The van der Waals surface area contributed by atoms with Crippen molar-refractivity contribution in [3.05, 3.63) is 29.8 Å². The normalized spacial score (nSPS) is 23.0. The maximum atomic E-state index is 11.4. The quantitative estimate of drug-likeness (QED) is 0.877. The second kappa shape index (κ2) is 6.60. The van der Waals surface area contributed by atoms with Crippen LogP contribution in [0.2, 0.25) is 0 Å². The third-order valence-electron chi connectivity index (χ3n) is 3.86. The first-order valence-corrected chi connectivity index (χ1v) is 7.18. The van der Waals surface area contributed by atoms with Crippen LogP contribution in [0.15, 0.2) is 24.3 Å². The number of hydrogen-bond donors (Lipinski definition) is 1. The zero-order valence-electron chi connectivity index (χ0n) is 11.5. The van der Waals surface area contributed by atoms with Crippen LogP contribution in [0.3, 0.4) is 0 Å².